The van der Waals surface area contributed by atoms with Gasteiger partial charge in [-0.05, 0) is 36.3 Å². The molecule has 23 heavy (non-hydrogen) atoms. The third-order valence-corrected chi connectivity index (χ3v) is 3.29. The number of carbonyl (C=O) groups excluding carboxylic acids is 1. The molecule has 0 radical (unpaired) electrons. The lowest BCUT2D eigenvalue weighted by Gasteiger charge is -2.16. The molecule has 0 aliphatic heterocycles. The highest BCUT2D eigenvalue weighted by molar-refractivity contribution is 6.31. The van der Waals surface area contributed by atoms with Crippen molar-refractivity contribution in [1.82, 2.24) is 4.98 Å². The maximum atomic E-state index is 13.0. The summed E-state index contributed by atoms with van der Waals surface area (Å²) in [5.41, 5.74) is 1.03. The molecule has 1 aromatic carbocycles. The van der Waals surface area contributed by atoms with E-state index in [2.05, 4.69) is 21.6 Å². The summed E-state index contributed by atoms with van der Waals surface area (Å²) in [6.45, 7) is 0.0875. The van der Waals surface area contributed by atoms with Crippen LogP contribution in [-0.4, -0.2) is 31.7 Å². The molecule has 0 atom stereocenters. The summed E-state index contributed by atoms with van der Waals surface area (Å²) in [4.78, 5) is 17.3. The van der Waals surface area contributed by atoms with Crippen LogP contribution in [-0.2, 0) is 9.53 Å². The van der Waals surface area contributed by atoms with Gasteiger partial charge in [0, 0.05) is 12.6 Å². The van der Waals surface area contributed by atoms with Gasteiger partial charge in [-0.25, -0.2) is 9.37 Å². The maximum Gasteiger partial charge on any atom is 0.325 e. The lowest BCUT2D eigenvalue weighted by molar-refractivity contribution is -0.138. The first kappa shape index (κ1) is 16.8. The first-order valence-electron chi connectivity index (χ1n) is 6.71. The monoisotopic (exact) mass is 332 g/mol. The Balaban J connectivity index is 2.21. The highest BCUT2D eigenvalue weighted by Gasteiger charge is 2.08. The first-order valence-corrected chi connectivity index (χ1v) is 7.09. The summed E-state index contributed by atoms with van der Waals surface area (Å²) in [5, 5.41) is 0.247. The molecule has 4 nitrogen and oxygen atoms in total. The fourth-order valence-electron chi connectivity index (χ4n) is 1.77. The van der Waals surface area contributed by atoms with Crippen molar-refractivity contribution in [3.8, 4) is 11.8 Å². The third-order valence-electron chi connectivity index (χ3n) is 2.98. The molecule has 0 aliphatic rings. The highest BCUT2D eigenvalue weighted by atomic mass is 35.5. The first-order chi connectivity index (χ1) is 11.0. The van der Waals surface area contributed by atoms with Crippen molar-refractivity contribution in [2.45, 2.75) is 0 Å². The number of carbonyl (C=O) groups is 1. The molecule has 2 aromatic rings. The van der Waals surface area contributed by atoms with Gasteiger partial charge in [-0.3, -0.25) is 4.79 Å². The zero-order chi connectivity index (χ0) is 16.8. The maximum absolute atomic E-state index is 13.0. The minimum Gasteiger partial charge on any atom is -0.468 e. The average molecular weight is 333 g/mol. The van der Waals surface area contributed by atoms with Crippen molar-refractivity contribution in [2.24, 2.45) is 0 Å². The number of nitrogens with zero attached hydrogens (tertiary/aromatic N) is 2. The minimum atomic E-state index is -0.412. The van der Waals surface area contributed by atoms with E-state index >= 15 is 0 Å². The third kappa shape index (κ3) is 4.70. The van der Waals surface area contributed by atoms with Crippen LogP contribution in [0, 0.1) is 17.7 Å². The number of ether oxygens (including phenoxy) is 1. The van der Waals surface area contributed by atoms with E-state index in [0.29, 0.717) is 17.1 Å². The molecule has 0 unspecified atom stereocenters. The zero-order valence-electron chi connectivity index (χ0n) is 12.6. The van der Waals surface area contributed by atoms with E-state index in [-0.39, 0.29) is 17.5 Å². The average Bonchev–Trinajstić information content (AvgIpc) is 2.54. The van der Waals surface area contributed by atoms with Crippen molar-refractivity contribution >= 4 is 23.4 Å². The number of hydrogen-bond acceptors (Lipinski definition) is 4. The van der Waals surface area contributed by atoms with Crippen LogP contribution in [0.1, 0.15) is 11.3 Å². The molecule has 0 saturated heterocycles. The van der Waals surface area contributed by atoms with Crippen LogP contribution < -0.4 is 4.90 Å². The summed E-state index contributed by atoms with van der Waals surface area (Å²) in [6.07, 6.45) is 0. The van der Waals surface area contributed by atoms with Gasteiger partial charge in [0.1, 0.15) is 23.9 Å². The number of hydrogen-bond donors (Lipinski definition) is 0. The Kier molecular flexibility index (Phi) is 5.56. The normalized spacial score (nSPS) is 9.74. The van der Waals surface area contributed by atoms with Crippen LogP contribution in [0.4, 0.5) is 10.2 Å². The zero-order valence-corrected chi connectivity index (χ0v) is 13.4. The second kappa shape index (κ2) is 7.61. The largest absolute Gasteiger partial charge is 0.468 e. The number of pyridine rings is 1. The molecule has 0 fully saturated rings. The SMILES string of the molecule is COC(=O)CN(C)c1cccc(C#Cc2ccc(F)cc2Cl)n1. The van der Waals surface area contributed by atoms with E-state index in [9.17, 15) is 9.18 Å². The van der Waals surface area contributed by atoms with Gasteiger partial charge >= 0.3 is 5.97 Å². The molecule has 1 aromatic heterocycles. The standard InChI is InChI=1S/C17H14ClFN2O2/c1-21(11-17(22)23-2)16-5-3-4-14(20-16)9-7-12-6-8-13(19)10-15(12)18/h3-6,8,10H,11H2,1-2H3. The quantitative estimate of drug-likeness (QED) is 0.640. The van der Waals surface area contributed by atoms with Crippen LogP contribution in [0.3, 0.4) is 0 Å². The number of esters is 1. The summed E-state index contributed by atoms with van der Waals surface area (Å²) in [7, 11) is 3.06. The van der Waals surface area contributed by atoms with Crippen molar-refractivity contribution in [3.63, 3.8) is 0 Å². The summed E-state index contributed by atoms with van der Waals surface area (Å²) >= 11 is 5.93. The smallest absolute Gasteiger partial charge is 0.325 e. The number of halogens is 2. The Morgan fingerprint density at radius 2 is 2.13 bits per heavy atom. The van der Waals surface area contributed by atoms with Crippen molar-refractivity contribution < 1.29 is 13.9 Å². The van der Waals surface area contributed by atoms with E-state index in [1.54, 1.807) is 30.1 Å². The number of likely N-dealkylation sites (N-methyl/N-ethyl adjacent to an activating group) is 1. The van der Waals surface area contributed by atoms with Crippen molar-refractivity contribution in [1.29, 1.82) is 0 Å². The number of benzene rings is 1. The molecular formula is C17H14ClFN2O2. The molecule has 0 bridgehead atoms. The Morgan fingerprint density at radius 3 is 2.83 bits per heavy atom. The van der Waals surface area contributed by atoms with E-state index in [4.69, 9.17) is 11.6 Å². The van der Waals surface area contributed by atoms with Crippen LogP contribution in [0.25, 0.3) is 0 Å². The van der Waals surface area contributed by atoms with E-state index < -0.39 is 5.82 Å². The van der Waals surface area contributed by atoms with Crippen LogP contribution in [0.5, 0.6) is 0 Å². The molecule has 0 spiro atoms. The Labute approximate surface area is 138 Å². The number of aromatic nitrogens is 1. The van der Waals surface area contributed by atoms with Gasteiger partial charge in [0.25, 0.3) is 0 Å². The van der Waals surface area contributed by atoms with E-state index in [1.165, 1.54) is 25.3 Å². The summed E-state index contributed by atoms with van der Waals surface area (Å²) in [6, 6.07) is 9.30. The second-order valence-corrected chi connectivity index (χ2v) is 5.09. The van der Waals surface area contributed by atoms with Crippen LogP contribution >= 0.6 is 11.6 Å². The molecule has 0 aliphatic carbocycles. The molecular weight excluding hydrogens is 319 g/mol. The Bertz CT molecular complexity index is 784. The fraction of sp³-hybridized carbons (Fsp3) is 0.176. The van der Waals surface area contributed by atoms with Gasteiger partial charge in [-0.2, -0.15) is 0 Å². The summed E-state index contributed by atoms with van der Waals surface area (Å²) < 4.78 is 17.6. The lowest BCUT2D eigenvalue weighted by Crippen LogP contribution is -2.27. The predicted molar refractivity (Wildman–Crippen MR) is 86.9 cm³/mol. The van der Waals surface area contributed by atoms with Gasteiger partial charge in [-0.15, -0.1) is 0 Å². The number of rotatable bonds is 3. The van der Waals surface area contributed by atoms with Gasteiger partial charge in [0.05, 0.1) is 12.1 Å². The number of anilines is 1. The van der Waals surface area contributed by atoms with E-state index in [0.717, 1.165) is 0 Å². The van der Waals surface area contributed by atoms with Crippen LogP contribution in [0.15, 0.2) is 36.4 Å². The second-order valence-electron chi connectivity index (χ2n) is 4.69. The Hall–Kier alpha value is -2.58. The molecule has 2 rings (SSSR count). The highest BCUT2D eigenvalue weighted by Crippen LogP contribution is 2.16. The van der Waals surface area contributed by atoms with Gasteiger partial charge < -0.3 is 9.64 Å². The molecule has 0 N–H and O–H groups in total. The molecule has 1 heterocycles. The Morgan fingerprint density at radius 1 is 1.35 bits per heavy atom. The fourth-order valence-corrected chi connectivity index (χ4v) is 1.98. The van der Waals surface area contributed by atoms with Gasteiger partial charge in [0.15, 0.2) is 0 Å². The summed E-state index contributed by atoms with van der Waals surface area (Å²) in [5.74, 6) is 5.55. The van der Waals surface area contributed by atoms with Crippen molar-refractivity contribution in [2.75, 3.05) is 25.6 Å². The topological polar surface area (TPSA) is 42.4 Å². The molecule has 6 heteroatoms. The van der Waals surface area contributed by atoms with Crippen molar-refractivity contribution in [3.05, 3.63) is 58.5 Å². The van der Waals surface area contributed by atoms with Crippen LogP contribution in [0.2, 0.25) is 5.02 Å². The van der Waals surface area contributed by atoms with Gasteiger partial charge in [0.2, 0.25) is 0 Å². The number of methoxy groups -OCH3 is 1. The molecule has 118 valence electrons. The van der Waals surface area contributed by atoms with Gasteiger partial charge in [-0.1, -0.05) is 23.6 Å². The predicted octanol–water partition coefficient (Wildman–Crippen LogP) is 2.88. The molecule has 0 amide bonds. The minimum absolute atomic E-state index is 0.0875. The molecule has 0 saturated carbocycles. The van der Waals surface area contributed by atoms with E-state index in [1.807, 2.05) is 0 Å². The lowest BCUT2D eigenvalue weighted by atomic mass is 10.2.